The van der Waals surface area contributed by atoms with Gasteiger partial charge in [0, 0.05) is 11.4 Å². The summed E-state index contributed by atoms with van der Waals surface area (Å²) in [5, 5.41) is 8.88. The summed E-state index contributed by atoms with van der Waals surface area (Å²) < 4.78 is 13.0. The van der Waals surface area contributed by atoms with Gasteiger partial charge in [-0.05, 0) is 43.5 Å². The zero-order chi connectivity index (χ0) is 13.8. The van der Waals surface area contributed by atoms with Gasteiger partial charge in [-0.15, -0.1) is 0 Å². The van der Waals surface area contributed by atoms with Crippen LogP contribution in [0.3, 0.4) is 0 Å². The first-order valence-corrected chi connectivity index (χ1v) is 5.87. The topological polar surface area (TPSA) is 63.1 Å². The van der Waals surface area contributed by atoms with E-state index in [-0.39, 0.29) is 11.6 Å². The number of halogens is 1. The third-order valence-corrected chi connectivity index (χ3v) is 2.66. The summed E-state index contributed by atoms with van der Waals surface area (Å²) in [5.74, 6) is -1.62. The van der Waals surface area contributed by atoms with Crippen molar-refractivity contribution in [3.05, 3.63) is 58.9 Å². The van der Waals surface area contributed by atoms with Gasteiger partial charge in [0.15, 0.2) is 0 Å². The lowest BCUT2D eigenvalue weighted by atomic mass is 10.1. The van der Waals surface area contributed by atoms with Crippen LogP contribution in [0.15, 0.2) is 30.3 Å². The Balaban J connectivity index is 2.13. The van der Waals surface area contributed by atoms with Crippen LogP contribution >= 0.6 is 0 Å². The maximum absolute atomic E-state index is 13.0. The van der Waals surface area contributed by atoms with E-state index in [2.05, 4.69) is 9.97 Å². The van der Waals surface area contributed by atoms with Crippen LogP contribution < -0.4 is 0 Å². The van der Waals surface area contributed by atoms with Crippen molar-refractivity contribution in [2.45, 2.75) is 19.8 Å². The standard InChI is InChI=1S/C14H13FN2O2/c1-9-7-12(17-13(16-9)14(18)19)6-5-10-3-2-4-11(15)8-10/h2-4,7-8H,5-6H2,1H3,(H,18,19). The number of rotatable bonds is 4. The van der Waals surface area contributed by atoms with Gasteiger partial charge in [-0.3, -0.25) is 0 Å². The van der Waals surface area contributed by atoms with E-state index < -0.39 is 5.97 Å². The molecule has 1 heterocycles. The quantitative estimate of drug-likeness (QED) is 0.916. The number of carboxylic acid groups (broad SMARTS) is 1. The molecular weight excluding hydrogens is 247 g/mol. The highest BCUT2D eigenvalue weighted by Crippen LogP contribution is 2.09. The molecule has 0 saturated carbocycles. The summed E-state index contributed by atoms with van der Waals surface area (Å²) in [6, 6.07) is 8.08. The molecule has 98 valence electrons. The Labute approximate surface area is 110 Å². The van der Waals surface area contributed by atoms with Crippen LogP contribution in [0.2, 0.25) is 0 Å². The van der Waals surface area contributed by atoms with E-state index in [0.29, 0.717) is 24.2 Å². The Kier molecular flexibility index (Phi) is 3.85. The van der Waals surface area contributed by atoms with Gasteiger partial charge >= 0.3 is 5.97 Å². The van der Waals surface area contributed by atoms with Crippen LogP contribution in [0.4, 0.5) is 4.39 Å². The highest BCUT2D eigenvalue weighted by atomic mass is 19.1. The zero-order valence-electron chi connectivity index (χ0n) is 10.4. The van der Waals surface area contributed by atoms with Crippen molar-refractivity contribution >= 4 is 5.97 Å². The second-order valence-electron chi connectivity index (χ2n) is 4.26. The molecule has 0 fully saturated rings. The smallest absolute Gasteiger partial charge is 0.373 e. The van der Waals surface area contributed by atoms with Crippen molar-refractivity contribution in [3.8, 4) is 0 Å². The molecule has 1 aromatic carbocycles. The highest BCUT2D eigenvalue weighted by Gasteiger charge is 2.09. The van der Waals surface area contributed by atoms with Crippen LogP contribution in [0.1, 0.15) is 27.6 Å². The van der Waals surface area contributed by atoms with E-state index in [4.69, 9.17) is 5.11 Å². The molecule has 0 aliphatic rings. The number of aryl methyl sites for hydroxylation is 3. The maximum atomic E-state index is 13.0. The second kappa shape index (κ2) is 5.56. The monoisotopic (exact) mass is 260 g/mol. The van der Waals surface area contributed by atoms with Gasteiger partial charge < -0.3 is 5.11 Å². The van der Waals surface area contributed by atoms with Crippen molar-refractivity contribution < 1.29 is 14.3 Å². The predicted octanol–water partition coefficient (Wildman–Crippen LogP) is 2.41. The molecule has 2 rings (SSSR count). The van der Waals surface area contributed by atoms with E-state index in [1.807, 2.05) is 6.07 Å². The molecule has 0 aliphatic carbocycles. The summed E-state index contributed by atoms with van der Waals surface area (Å²) in [6.45, 7) is 1.72. The number of benzene rings is 1. The van der Waals surface area contributed by atoms with Gasteiger partial charge in [0.25, 0.3) is 0 Å². The van der Waals surface area contributed by atoms with Crippen LogP contribution in [0, 0.1) is 12.7 Å². The Morgan fingerprint density at radius 2 is 2.05 bits per heavy atom. The number of aromatic carboxylic acids is 1. The molecule has 0 saturated heterocycles. The molecule has 0 atom stereocenters. The fraction of sp³-hybridized carbons (Fsp3) is 0.214. The number of carbonyl (C=O) groups is 1. The molecule has 0 aliphatic heterocycles. The Morgan fingerprint density at radius 1 is 1.26 bits per heavy atom. The van der Waals surface area contributed by atoms with E-state index >= 15 is 0 Å². The van der Waals surface area contributed by atoms with Gasteiger partial charge in [-0.25, -0.2) is 19.2 Å². The van der Waals surface area contributed by atoms with Crippen molar-refractivity contribution in [2.75, 3.05) is 0 Å². The lowest BCUT2D eigenvalue weighted by Crippen LogP contribution is -2.08. The summed E-state index contributed by atoms with van der Waals surface area (Å²) >= 11 is 0. The first kappa shape index (κ1) is 13.1. The number of aromatic nitrogens is 2. The van der Waals surface area contributed by atoms with E-state index in [1.54, 1.807) is 19.1 Å². The van der Waals surface area contributed by atoms with E-state index in [9.17, 15) is 9.18 Å². The Hall–Kier alpha value is -2.30. The van der Waals surface area contributed by atoms with Crippen LogP contribution in [0.25, 0.3) is 0 Å². The summed E-state index contributed by atoms with van der Waals surface area (Å²) in [6.07, 6.45) is 1.15. The molecule has 0 bridgehead atoms. The molecule has 0 amide bonds. The van der Waals surface area contributed by atoms with Gasteiger partial charge in [0.1, 0.15) is 5.82 Å². The van der Waals surface area contributed by atoms with Gasteiger partial charge in [-0.2, -0.15) is 0 Å². The summed E-state index contributed by atoms with van der Waals surface area (Å²) in [7, 11) is 0. The number of hydrogen-bond donors (Lipinski definition) is 1. The minimum atomic E-state index is -1.14. The highest BCUT2D eigenvalue weighted by molar-refractivity contribution is 5.83. The van der Waals surface area contributed by atoms with E-state index in [0.717, 1.165) is 5.56 Å². The largest absolute Gasteiger partial charge is 0.475 e. The number of carboxylic acids is 1. The minimum absolute atomic E-state index is 0.200. The molecular formula is C14H13FN2O2. The first-order valence-electron chi connectivity index (χ1n) is 5.87. The van der Waals surface area contributed by atoms with Crippen LogP contribution in [0.5, 0.6) is 0 Å². The molecule has 0 radical (unpaired) electrons. The molecule has 0 spiro atoms. The van der Waals surface area contributed by atoms with Gasteiger partial charge in [-0.1, -0.05) is 12.1 Å². The molecule has 0 unspecified atom stereocenters. The normalized spacial score (nSPS) is 10.4. The maximum Gasteiger partial charge on any atom is 0.373 e. The minimum Gasteiger partial charge on any atom is -0.475 e. The second-order valence-corrected chi connectivity index (χ2v) is 4.26. The molecule has 19 heavy (non-hydrogen) atoms. The Morgan fingerprint density at radius 3 is 2.74 bits per heavy atom. The average Bonchev–Trinajstić information content (AvgIpc) is 2.36. The molecule has 2 aromatic rings. The van der Waals surface area contributed by atoms with Gasteiger partial charge in [0.2, 0.25) is 5.82 Å². The Bertz CT molecular complexity index is 614. The SMILES string of the molecule is Cc1cc(CCc2cccc(F)c2)nc(C(=O)O)n1. The van der Waals surface area contributed by atoms with E-state index in [1.165, 1.54) is 12.1 Å². The van der Waals surface area contributed by atoms with Crippen LogP contribution in [-0.2, 0) is 12.8 Å². The third-order valence-electron chi connectivity index (χ3n) is 2.66. The van der Waals surface area contributed by atoms with Gasteiger partial charge in [0.05, 0.1) is 0 Å². The molecule has 5 heteroatoms. The zero-order valence-corrected chi connectivity index (χ0v) is 10.4. The van der Waals surface area contributed by atoms with Crippen LogP contribution in [-0.4, -0.2) is 21.0 Å². The lowest BCUT2D eigenvalue weighted by Gasteiger charge is -2.04. The first-order chi connectivity index (χ1) is 9.04. The number of hydrogen-bond acceptors (Lipinski definition) is 3. The average molecular weight is 260 g/mol. The summed E-state index contributed by atoms with van der Waals surface area (Å²) in [4.78, 5) is 18.6. The fourth-order valence-corrected chi connectivity index (χ4v) is 1.82. The number of nitrogens with zero attached hydrogens (tertiary/aromatic N) is 2. The van der Waals surface area contributed by atoms with Crippen molar-refractivity contribution in [1.82, 2.24) is 9.97 Å². The fourth-order valence-electron chi connectivity index (χ4n) is 1.82. The van der Waals surface area contributed by atoms with Crippen molar-refractivity contribution in [1.29, 1.82) is 0 Å². The molecule has 1 N–H and O–H groups in total. The van der Waals surface area contributed by atoms with Crippen molar-refractivity contribution in [3.63, 3.8) is 0 Å². The lowest BCUT2D eigenvalue weighted by molar-refractivity contribution is 0.0682. The van der Waals surface area contributed by atoms with Crippen molar-refractivity contribution in [2.24, 2.45) is 0 Å². The predicted molar refractivity (Wildman–Crippen MR) is 67.5 cm³/mol. The third kappa shape index (κ3) is 3.58. The molecule has 1 aromatic heterocycles. The molecule has 4 nitrogen and oxygen atoms in total. The summed E-state index contributed by atoms with van der Waals surface area (Å²) in [5.41, 5.74) is 2.11.